The number of hydrogen-bond donors (Lipinski definition) is 1. The molecule has 2 aliphatic heterocycles. The molecule has 4 heterocycles. The van der Waals surface area contributed by atoms with E-state index in [2.05, 4.69) is 10.1 Å². The lowest BCUT2D eigenvalue weighted by Crippen LogP contribution is -2.45. The summed E-state index contributed by atoms with van der Waals surface area (Å²) in [5.74, 6) is -1.38. The van der Waals surface area contributed by atoms with Crippen LogP contribution in [0.15, 0.2) is 40.9 Å². The molecule has 0 spiro atoms. The fourth-order valence-electron chi connectivity index (χ4n) is 5.98. The number of aromatic nitrogens is 2. The van der Waals surface area contributed by atoms with Gasteiger partial charge in [0.25, 0.3) is 0 Å². The Morgan fingerprint density at radius 2 is 1.84 bits per heavy atom. The maximum absolute atomic E-state index is 14.6. The van der Waals surface area contributed by atoms with Gasteiger partial charge in [-0.15, -0.1) is 0 Å². The van der Waals surface area contributed by atoms with Crippen LogP contribution in [0.4, 0.5) is 13.9 Å². The Morgan fingerprint density at radius 1 is 1.11 bits per heavy atom. The minimum atomic E-state index is -0.946. The van der Waals surface area contributed by atoms with Crippen LogP contribution >= 0.6 is 11.3 Å². The first-order valence-electron chi connectivity index (χ1n) is 12.9. The Labute approximate surface area is 221 Å². The molecule has 3 atom stereocenters. The lowest BCUT2D eigenvalue weighted by molar-refractivity contribution is 0.0147. The molecule has 3 fully saturated rings. The summed E-state index contributed by atoms with van der Waals surface area (Å²) in [5.41, 5.74) is 1.74. The number of carboxylic acid groups (broad SMARTS) is 1. The molecular formula is C28H25F2N3O4S. The molecule has 7 rings (SSSR count). The molecule has 196 valence electrons. The number of piperidine rings is 1. The Balaban J connectivity index is 1.10. The second kappa shape index (κ2) is 9.13. The maximum atomic E-state index is 14.6. The van der Waals surface area contributed by atoms with Gasteiger partial charge < -0.3 is 19.3 Å². The van der Waals surface area contributed by atoms with Gasteiger partial charge in [0, 0.05) is 23.6 Å². The summed E-state index contributed by atoms with van der Waals surface area (Å²) >= 11 is 1.53. The summed E-state index contributed by atoms with van der Waals surface area (Å²) in [7, 11) is 0. The van der Waals surface area contributed by atoms with Gasteiger partial charge in [-0.3, -0.25) is 0 Å². The molecule has 1 unspecified atom stereocenters. The second-order valence-electron chi connectivity index (χ2n) is 10.4. The Bertz CT molecular complexity index is 1510. The smallest absolute Gasteiger partial charge is 0.335 e. The molecule has 0 radical (unpaired) electrons. The number of aromatic carboxylic acids is 1. The number of carbonyl (C=O) groups is 1. The lowest BCUT2D eigenvalue weighted by atomic mass is 10.00. The molecule has 7 nitrogen and oxygen atoms in total. The summed E-state index contributed by atoms with van der Waals surface area (Å²) in [5, 5.41) is 14.3. The zero-order chi connectivity index (χ0) is 26.0. The van der Waals surface area contributed by atoms with Crippen LogP contribution in [0.1, 0.15) is 66.1 Å². The van der Waals surface area contributed by atoms with Gasteiger partial charge in [-0.2, -0.15) is 0 Å². The van der Waals surface area contributed by atoms with E-state index in [9.17, 15) is 18.7 Å². The number of rotatable bonds is 7. The molecule has 2 saturated heterocycles. The van der Waals surface area contributed by atoms with Crippen molar-refractivity contribution in [1.29, 1.82) is 0 Å². The van der Waals surface area contributed by atoms with E-state index in [0.29, 0.717) is 11.3 Å². The highest BCUT2D eigenvalue weighted by molar-refractivity contribution is 7.22. The highest BCUT2D eigenvalue weighted by Crippen LogP contribution is 2.46. The molecule has 2 bridgehead atoms. The Hall–Kier alpha value is -3.37. The molecule has 10 heteroatoms. The Morgan fingerprint density at radius 3 is 2.53 bits per heavy atom. The largest absolute Gasteiger partial charge is 0.478 e. The van der Waals surface area contributed by atoms with Gasteiger partial charge in [0.15, 0.2) is 5.13 Å². The molecule has 1 N–H and O–H groups in total. The number of ether oxygens (including phenoxy) is 1. The van der Waals surface area contributed by atoms with Crippen molar-refractivity contribution < 1.29 is 27.9 Å². The van der Waals surface area contributed by atoms with Crippen molar-refractivity contribution in [1.82, 2.24) is 10.1 Å². The van der Waals surface area contributed by atoms with E-state index >= 15 is 0 Å². The molecule has 2 aromatic carbocycles. The van der Waals surface area contributed by atoms with Crippen molar-refractivity contribution in [3.63, 3.8) is 0 Å². The average molecular weight is 538 g/mol. The van der Waals surface area contributed by atoms with Crippen LogP contribution in [0.2, 0.25) is 0 Å². The number of anilines is 1. The molecule has 4 aromatic rings. The number of fused-ring (bicyclic) bond motifs is 3. The Kier molecular flexibility index (Phi) is 5.70. The first-order valence-corrected chi connectivity index (χ1v) is 13.7. The van der Waals surface area contributed by atoms with E-state index in [4.69, 9.17) is 14.2 Å². The topological polar surface area (TPSA) is 88.7 Å². The van der Waals surface area contributed by atoms with Crippen LogP contribution in [-0.2, 0) is 11.3 Å². The second-order valence-corrected chi connectivity index (χ2v) is 11.4. The van der Waals surface area contributed by atoms with Gasteiger partial charge >= 0.3 is 5.97 Å². The highest BCUT2D eigenvalue weighted by atomic mass is 32.1. The van der Waals surface area contributed by atoms with E-state index in [1.165, 1.54) is 29.5 Å². The first kappa shape index (κ1) is 23.7. The maximum Gasteiger partial charge on any atom is 0.335 e. The van der Waals surface area contributed by atoms with Gasteiger partial charge in [-0.25, -0.2) is 18.6 Å². The van der Waals surface area contributed by atoms with E-state index in [1.54, 1.807) is 18.2 Å². The summed E-state index contributed by atoms with van der Waals surface area (Å²) in [6, 6.07) is 9.38. The zero-order valence-electron chi connectivity index (χ0n) is 20.4. The fourth-order valence-corrected chi connectivity index (χ4v) is 7.13. The van der Waals surface area contributed by atoms with Gasteiger partial charge in [-0.05, 0) is 68.9 Å². The van der Waals surface area contributed by atoms with Crippen LogP contribution in [0, 0.1) is 11.6 Å². The van der Waals surface area contributed by atoms with Crippen LogP contribution in [0.3, 0.4) is 0 Å². The molecule has 1 aliphatic carbocycles. The molecule has 1 saturated carbocycles. The summed E-state index contributed by atoms with van der Waals surface area (Å²) in [6.07, 6.45) is 5.65. The lowest BCUT2D eigenvalue weighted by Gasteiger charge is -2.38. The minimum absolute atomic E-state index is 0.00277. The number of halogens is 2. The summed E-state index contributed by atoms with van der Waals surface area (Å²) in [6.45, 7) is 0.196. The standard InChI is InChI=1S/C28H25F2N3O4S/c29-20-2-1-3-21(30)24(20)25-19(26(37-32-25)14-4-5-14)13-36-18-11-16-7-8-17(12-18)33(16)28-31-22-9-6-15(27(34)35)10-23(22)38-28/h1-3,6,9-10,14,16-18H,4-5,7-8,11-13H2,(H,34,35)/t16-,17?,18-/m0/s1. The zero-order valence-corrected chi connectivity index (χ0v) is 21.2. The SMILES string of the molecule is O=C(O)c1ccc2nc(N3C4CC[C@H]3C[C@H](OCc3c(-c5c(F)cccc5F)noc3C3CC3)C4)sc2c1. The third kappa shape index (κ3) is 4.06. The van der Waals surface area contributed by atoms with Crippen LogP contribution in [0.5, 0.6) is 0 Å². The monoisotopic (exact) mass is 537 g/mol. The third-order valence-corrected chi connectivity index (χ3v) is 9.00. The van der Waals surface area contributed by atoms with E-state index in [0.717, 1.165) is 53.9 Å². The van der Waals surface area contributed by atoms with Crippen molar-refractivity contribution in [3.8, 4) is 11.3 Å². The summed E-state index contributed by atoms with van der Waals surface area (Å²) < 4.78 is 42.0. The third-order valence-electron chi connectivity index (χ3n) is 7.96. The van der Waals surface area contributed by atoms with Gasteiger partial charge in [0.1, 0.15) is 23.1 Å². The van der Waals surface area contributed by atoms with Gasteiger partial charge in [0.05, 0.1) is 34.1 Å². The molecule has 3 aliphatic rings. The fraction of sp³-hybridized carbons (Fsp3) is 0.393. The van der Waals surface area contributed by atoms with Crippen molar-refractivity contribution in [2.75, 3.05) is 4.90 Å². The van der Waals surface area contributed by atoms with E-state index in [1.807, 2.05) is 0 Å². The van der Waals surface area contributed by atoms with Gasteiger partial charge in [0.2, 0.25) is 0 Å². The predicted molar refractivity (Wildman–Crippen MR) is 138 cm³/mol. The molecular weight excluding hydrogens is 512 g/mol. The van der Waals surface area contributed by atoms with Crippen molar-refractivity contribution in [3.05, 3.63) is 64.9 Å². The quantitative estimate of drug-likeness (QED) is 0.287. The van der Waals surface area contributed by atoms with E-state index < -0.39 is 17.6 Å². The minimum Gasteiger partial charge on any atom is -0.478 e. The summed E-state index contributed by atoms with van der Waals surface area (Å²) in [4.78, 5) is 18.5. The van der Waals surface area contributed by atoms with Crippen LogP contribution in [0.25, 0.3) is 21.5 Å². The number of thiazole rings is 1. The van der Waals surface area contributed by atoms with Crippen molar-refractivity contribution in [2.24, 2.45) is 0 Å². The van der Waals surface area contributed by atoms with Gasteiger partial charge in [-0.1, -0.05) is 22.6 Å². The number of hydrogen-bond acceptors (Lipinski definition) is 7. The molecule has 38 heavy (non-hydrogen) atoms. The number of benzene rings is 2. The number of carboxylic acids is 1. The first-order chi connectivity index (χ1) is 18.5. The van der Waals surface area contributed by atoms with E-state index in [-0.39, 0.29) is 47.5 Å². The average Bonchev–Trinajstić information content (AvgIpc) is 3.42. The number of nitrogens with zero attached hydrogens (tertiary/aromatic N) is 3. The van der Waals surface area contributed by atoms with Crippen molar-refractivity contribution in [2.45, 2.75) is 69.2 Å². The van der Waals surface area contributed by atoms with Crippen molar-refractivity contribution >= 4 is 32.7 Å². The molecule has 0 amide bonds. The van der Waals surface area contributed by atoms with Crippen LogP contribution in [-0.4, -0.2) is 39.4 Å². The molecule has 2 aromatic heterocycles. The normalized spacial score (nSPS) is 22.9. The van der Waals surface area contributed by atoms with Crippen LogP contribution < -0.4 is 4.90 Å². The highest BCUT2D eigenvalue weighted by Gasteiger charge is 2.43. The predicted octanol–water partition coefficient (Wildman–Crippen LogP) is 6.52.